The summed E-state index contributed by atoms with van der Waals surface area (Å²) >= 11 is 0. The zero-order valence-electron chi connectivity index (χ0n) is 22.9. The smallest absolute Gasteiger partial charge is 0.308 e. The van der Waals surface area contributed by atoms with Gasteiger partial charge in [0.15, 0.2) is 0 Å². The van der Waals surface area contributed by atoms with Gasteiger partial charge in [-0.2, -0.15) is 10.2 Å². The minimum atomic E-state index is -0.768. The van der Waals surface area contributed by atoms with E-state index in [1.807, 2.05) is 46.6 Å². The number of nitrogens with zero attached hydrogens (tertiary/aromatic N) is 5. The second-order valence-corrected chi connectivity index (χ2v) is 11.2. The summed E-state index contributed by atoms with van der Waals surface area (Å²) in [4.78, 5) is 20.4. The lowest BCUT2D eigenvalue weighted by Gasteiger charge is -2.31. The highest BCUT2D eigenvalue weighted by Crippen LogP contribution is 2.36. The fourth-order valence-corrected chi connectivity index (χ4v) is 4.75. The molecule has 200 valence electrons. The molecule has 9 heteroatoms. The normalized spacial score (nSPS) is 14.0. The largest absolute Gasteiger partial charge is 0.491 e. The number of hydrogen-bond acceptors (Lipinski definition) is 8. The van der Waals surface area contributed by atoms with Crippen LogP contribution in [-0.4, -0.2) is 52.4 Å². The maximum Gasteiger partial charge on any atom is 0.308 e. The molecule has 3 aromatic rings. The number of carboxylic acids is 1. The Morgan fingerprint density at radius 2 is 2.03 bits per heavy atom. The minimum absolute atomic E-state index is 0.00342. The molecule has 0 saturated carbocycles. The molecule has 0 spiro atoms. The first kappa shape index (κ1) is 27.1. The summed E-state index contributed by atoms with van der Waals surface area (Å²) in [6.07, 6.45) is 0.838. The molecule has 0 fully saturated rings. The lowest BCUT2D eigenvalue weighted by atomic mass is 9.80. The van der Waals surface area contributed by atoms with Crippen molar-refractivity contribution < 1.29 is 19.2 Å². The Bertz CT molecular complexity index is 1350. The van der Waals surface area contributed by atoms with E-state index in [0.29, 0.717) is 42.5 Å². The predicted molar refractivity (Wildman–Crippen MR) is 144 cm³/mol. The van der Waals surface area contributed by atoms with E-state index in [1.54, 1.807) is 18.2 Å². The average Bonchev–Trinajstić information content (AvgIpc) is 3.48. The average molecular weight is 518 g/mol. The molecule has 1 aromatic heterocycles. The molecule has 2 heterocycles. The molecule has 0 aliphatic carbocycles. The van der Waals surface area contributed by atoms with Gasteiger partial charge in [0, 0.05) is 25.3 Å². The van der Waals surface area contributed by atoms with Gasteiger partial charge in [-0.25, -0.2) is 0 Å². The summed E-state index contributed by atoms with van der Waals surface area (Å²) < 4.78 is 11.2. The van der Waals surface area contributed by atoms with Gasteiger partial charge in [-0.15, -0.1) is 0 Å². The maximum atomic E-state index is 11.8. The SMILES string of the molecule is CC(C)Oc1ccc(-c2nc(N3CCc4cc(CN(C)CC(C(=O)O)C(C)(C)C)ccc43)no2)c(C#N)c1. The zero-order valence-corrected chi connectivity index (χ0v) is 22.9. The number of carboxylic acid groups (broad SMARTS) is 1. The van der Waals surface area contributed by atoms with E-state index in [0.717, 1.165) is 17.7 Å². The van der Waals surface area contributed by atoms with Crippen LogP contribution in [0, 0.1) is 22.7 Å². The highest BCUT2D eigenvalue weighted by Gasteiger charge is 2.32. The lowest BCUT2D eigenvalue weighted by molar-refractivity contribution is -0.146. The van der Waals surface area contributed by atoms with Crippen LogP contribution in [0.5, 0.6) is 5.75 Å². The molecule has 9 nitrogen and oxygen atoms in total. The van der Waals surface area contributed by atoms with Crippen LogP contribution in [0.25, 0.3) is 11.5 Å². The molecule has 1 atom stereocenters. The van der Waals surface area contributed by atoms with Crippen LogP contribution >= 0.6 is 0 Å². The van der Waals surface area contributed by atoms with Gasteiger partial charge in [-0.05, 0) is 73.3 Å². The fourth-order valence-electron chi connectivity index (χ4n) is 4.75. The molecule has 0 radical (unpaired) electrons. The first-order valence-electron chi connectivity index (χ1n) is 12.8. The minimum Gasteiger partial charge on any atom is -0.491 e. The second kappa shape index (κ2) is 10.8. The molecular formula is C29H35N5O4. The Morgan fingerprint density at radius 1 is 1.26 bits per heavy atom. The third-order valence-corrected chi connectivity index (χ3v) is 6.70. The van der Waals surface area contributed by atoms with Crippen LogP contribution < -0.4 is 9.64 Å². The Hall–Kier alpha value is -3.90. The molecule has 1 unspecified atom stereocenters. The van der Waals surface area contributed by atoms with Crippen molar-refractivity contribution in [1.29, 1.82) is 5.26 Å². The van der Waals surface area contributed by atoms with Crippen molar-refractivity contribution in [3.63, 3.8) is 0 Å². The molecule has 1 N–H and O–H groups in total. The van der Waals surface area contributed by atoms with Gasteiger partial charge < -0.3 is 24.2 Å². The van der Waals surface area contributed by atoms with Gasteiger partial charge in [-0.1, -0.05) is 32.9 Å². The van der Waals surface area contributed by atoms with Crippen molar-refractivity contribution in [2.45, 2.75) is 53.7 Å². The van der Waals surface area contributed by atoms with E-state index in [1.165, 1.54) is 5.56 Å². The molecule has 2 aromatic carbocycles. The number of anilines is 2. The number of rotatable bonds is 9. The number of carbonyl (C=O) groups is 1. The molecule has 1 aliphatic heterocycles. The number of aliphatic carboxylic acids is 1. The predicted octanol–water partition coefficient (Wildman–Crippen LogP) is 5.27. The third kappa shape index (κ3) is 5.97. The number of aromatic nitrogens is 2. The van der Waals surface area contributed by atoms with Crippen molar-refractivity contribution in [1.82, 2.24) is 15.0 Å². The topological polar surface area (TPSA) is 116 Å². The summed E-state index contributed by atoms with van der Waals surface area (Å²) in [5, 5.41) is 23.5. The van der Waals surface area contributed by atoms with Crippen LogP contribution in [0.3, 0.4) is 0 Å². The number of fused-ring (bicyclic) bond motifs is 1. The molecule has 1 aliphatic rings. The Labute approximate surface area is 223 Å². The number of hydrogen-bond donors (Lipinski definition) is 1. The summed E-state index contributed by atoms with van der Waals surface area (Å²) in [6, 6.07) is 13.7. The van der Waals surface area contributed by atoms with Crippen LogP contribution in [-0.2, 0) is 17.8 Å². The standard InChI is InChI=1S/C29H35N5O4/c1-18(2)37-22-8-9-23(21(14-22)15-30)26-31-28(32-38-26)34-12-11-20-13-19(7-10-25(20)34)16-33(6)17-24(27(35)36)29(3,4)5/h7-10,13-14,18,24H,11-12,16-17H2,1-6H3,(H,35,36). The van der Waals surface area contributed by atoms with Gasteiger partial charge >= 0.3 is 5.97 Å². The monoisotopic (exact) mass is 517 g/mol. The molecule has 4 rings (SSSR count). The number of ether oxygens (including phenoxy) is 1. The lowest BCUT2D eigenvalue weighted by Crippen LogP contribution is -2.38. The summed E-state index contributed by atoms with van der Waals surface area (Å²) in [7, 11) is 1.96. The third-order valence-electron chi connectivity index (χ3n) is 6.70. The zero-order chi connectivity index (χ0) is 27.6. The van der Waals surface area contributed by atoms with Crippen molar-refractivity contribution in [3.05, 3.63) is 53.1 Å². The van der Waals surface area contributed by atoms with Crippen molar-refractivity contribution in [2.75, 3.05) is 25.0 Å². The van der Waals surface area contributed by atoms with Crippen LogP contribution in [0.1, 0.15) is 51.3 Å². The van der Waals surface area contributed by atoms with Gasteiger partial charge in [-0.3, -0.25) is 4.79 Å². The molecule has 0 amide bonds. The molecule has 38 heavy (non-hydrogen) atoms. The number of nitriles is 1. The van der Waals surface area contributed by atoms with Gasteiger partial charge in [0.2, 0.25) is 0 Å². The highest BCUT2D eigenvalue weighted by atomic mass is 16.5. The van der Waals surface area contributed by atoms with E-state index < -0.39 is 11.9 Å². The van der Waals surface area contributed by atoms with Gasteiger partial charge in [0.1, 0.15) is 11.8 Å². The fraction of sp³-hybridized carbons (Fsp3) is 0.448. The van der Waals surface area contributed by atoms with Crippen LogP contribution in [0.15, 0.2) is 40.9 Å². The van der Waals surface area contributed by atoms with Crippen molar-refractivity contribution in [3.8, 4) is 23.3 Å². The van der Waals surface area contributed by atoms with E-state index >= 15 is 0 Å². The Kier molecular flexibility index (Phi) is 7.74. The highest BCUT2D eigenvalue weighted by molar-refractivity contribution is 5.71. The number of benzene rings is 2. The Morgan fingerprint density at radius 3 is 2.68 bits per heavy atom. The van der Waals surface area contributed by atoms with Gasteiger partial charge in [0.25, 0.3) is 11.8 Å². The first-order chi connectivity index (χ1) is 18.0. The molecule has 0 bridgehead atoms. The van der Waals surface area contributed by atoms with Crippen molar-refractivity contribution in [2.24, 2.45) is 11.3 Å². The summed E-state index contributed by atoms with van der Waals surface area (Å²) in [5.41, 5.74) is 3.98. The summed E-state index contributed by atoms with van der Waals surface area (Å²) in [5.74, 6) is 0.128. The van der Waals surface area contributed by atoms with E-state index in [9.17, 15) is 15.2 Å². The molecule has 0 saturated heterocycles. The van der Waals surface area contributed by atoms with E-state index in [2.05, 4.69) is 39.3 Å². The van der Waals surface area contributed by atoms with E-state index in [4.69, 9.17) is 9.26 Å². The van der Waals surface area contributed by atoms with E-state index in [-0.39, 0.29) is 17.4 Å². The van der Waals surface area contributed by atoms with Crippen LogP contribution in [0.2, 0.25) is 0 Å². The first-order valence-corrected chi connectivity index (χ1v) is 12.8. The maximum absolute atomic E-state index is 11.8. The molecular weight excluding hydrogens is 482 g/mol. The Balaban J connectivity index is 1.49. The van der Waals surface area contributed by atoms with Crippen molar-refractivity contribution >= 4 is 17.6 Å². The summed E-state index contributed by atoms with van der Waals surface area (Å²) in [6.45, 7) is 11.6. The van der Waals surface area contributed by atoms with Gasteiger partial charge in [0.05, 0.1) is 23.1 Å². The second-order valence-electron chi connectivity index (χ2n) is 11.2. The quantitative estimate of drug-likeness (QED) is 0.405. The van der Waals surface area contributed by atoms with Crippen LogP contribution in [0.4, 0.5) is 11.6 Å².